The van der Waals surface area contributed by atoms with Crippen LogP contribution in [-0.2, 0) is 4.79 Å². The average Bonchev–Trinajstić information content (AvgIpc) is 2.54. The van der Waals surface area contributed by atoms with Crippen LogP contribution in [0.25, 0.3) is 0 Å². The van der Waals surface area contributed by atoms with Crippen LogP contribution >= 0.6 is 0 Å². The molecule has 3 heteroatoms. The Labute approximate surface area is 149 Å². The maximum Gasteiger partial charge on any atom is 0.234 e. The lowest BCUT2D eigenvalue weighted by Gasteiger charge is -2.40. The van der Waals surface area contributed by atoms with E-state index in [1.165, 1.54) is 0 Å². The monoisotopic (exact) mass is 330 g/mol. The molecule has 25 heavy (non-hydrogen) atoms. The molecule has 0 unspecified atom stereocenters. The van der Waals surface area contributed by atoms with Crippen LogP contribution in [0, 0.1) is 18.8 Å². The lowest BCUT2D eigenvalue weighted by molar-refractivity contribution is -0.120. The zero-order valence-electron chi connectivity index (χ0n) is 14.9. The summed E-state index contributed by atoms with van der Waals surface area (Å²) in [5, 5.41) is 3.31. The fourth-order valence-electron chi connectivity index (χ4n) is 3.03. The number of amides is 1. The molecule has 0 aromatic heterocycles. The number of benzene rings is 2. The van der Waals surface area contributed by atoms with Gasteiger partial charge in [0.05, 0.1) is 12.1 Å². The summed E-state index contributed by atoms with van der Waals surface area (Å²) in [5.74, 6) is 7.00. The molecule has 0 bridgehead atoms. The summed E-state index contributed by atoms with van der Waals surface area (Å²) in [6.07, 6.45) is 0.432. The van der Waals surface area contributed by atoms with Gasteiger partial charge in [0, 0.05) is 16.7 Å². The SMILES string of the molecule is C=C1NC(C)(C)CC(=O)N1c1ccc(C#Cc2ccccc2)cc1C. The van der Waals surface area contributed by atoms with Gasteiger partial charge in [0.15, 0.2) is 0 Å². The van der Waals surface area contributed by atoms with Crippen molar-refractivity contribution in [2.24, 2.45) is 0 Å². The van der Waals surface area contributed by atoms with Gasteiger partial charge in [0.2, 0.25) is 5.91 Å². The van der Waals surface area contributed by atoms with Crippen molar-refractivity contribution in [3.05, 3.63) is 77.6 Å². The smallest absolute Gasteiger partial charge is 0.234 e. The van der Waals surface area contributed by atoms with Crippen LogP contribution < -0.4 is 10.2 Å². The standard InChI is InChI=1S/C22H22N2O/c1-16-14-19(11-10-18-8-6-5-7-9-18)12-13-20(16)24-17(2)23-22(3,4)15-21(24)25/h5-9,12-14,23H,2,15H2,1,3-4H3. The van der Waals surface area contributed by atoms with Crippen molar-refractivity contribution in [1.82, 2.24) is 5.32 Å². The molecule has 0 aliphatic carbocycles. The molecule has 1 aliphatic rings. The second-order valence-corrected chi connectivity index (χ2v) is 6.98. The second-order valence-electron chi connectivity index (χ2n) is 6.98. The first-order valence-electron chi connectivity index (χ1n) is 8.33. The molecule has 1 N–H and O–H groups in total. The van der Waals surface area contributed by atoms with E-state index in [4.69, 9.17) is 0 Å². The highest BCUT2D eigenvalue weighted by atomic mass is 16.2. The van der Waals surface area contributed by atoms with Gasteiger partial charge < -0.3 is 5.32 Å². The number of hydrogen-bond acceptors (Lipinski definition) is 2. The zero-order valence-corrected chi connectivity index (χ0v) is 14.9. The first-order chi connectivity index (χ1) is 11.9. The fourth-order valence-corrected chi connectivity index (χ4v) is 3.03. The van der Waals surface area contributed by atoms with Crippen molar-refractivity contribution in [3.8, 4) is 11.8 Å². The minimum Gasteiger partial charge on any atom is -0.366 e. The lowest BCUT2D eigenvalue weighted by Crippen LogP contribution is -2.54. The molecule has 0 saturated carbocycles. The Kier molecular flexibility index (Phi) is 4.37. The van der Waals surface area contributed by atoms with E-state index in [0.29, 0.717) is 12.2 Å². The number of carbonyl (C=O) groups is 1. The predicted octanol–water partition coefficient (Wildman–Crippen LogP) is 3.97. The van der Waals surface area contributed by atoms with Crippen LogP contribution in [0.1, 0.15) is 37.0 Å². The molecule has 0 atom stereocenters. The molecule has 1 fully saturated rings. The summed E-state index contributed by atoms with van der Waals surface area (Å²) >= 11 is 0. The highest BCUT2D eigenvalue weighted by Gasteiger charge is 2.34. The highest BCUT2D eigenvalue weighted by Crippen LogP contribution is 2.29. The molecule has 1 heterocycles. The van der Waals surface area contributed by atoms with E-state index in [2.05, 4.69) is 23.7 Å². The van der Waals surface area contributed by atoms with Gasteiger partial charge in [-0.25, -0.2) is 0 Å². The molecule has 1 aliphatic heterocycles. The van der Waals surface area contributed by atoms with E-state index in [1.807, 2.05) is 69.3 Å². The largest absolute Gasteiger partial charge is 0.366 e. The van der Waals surface area contributed by atoms with Gasteiger partial charge in [-0.1, -0.05) is 36.6 Å². The number of carbonyl (C=O) groups excluding carboxylic acids is 1. The molecule has 3 nitrogen and oxygen atoms in total. The van der Waals surface area contributed by atoms with Crippen molar-refractivity contribution in [3.63, 3.8) is 0 Å². The van der Waals surface area contributed by atoms with Gasteiger partial charge in [-0.05, 0) is 56.7 Å². The Balaban J connectivity index is 1.87. The van der Waals surface area contributed by atoms with Crippen LogP contribution in [0.15, 0.2) is 60.9 Å². The van der Waals surface area contributed by atoms with Crippen molar-refractivity contribution in [2.75, 3.05) is 4.90 Å². The van der Waals surface area contributed by atoms with E-state index in [1.54, 1.807) is 4.90 Å². The Morgan fingerprint density at radius 2 is 1.76 bits per heavy atom. The summed E-state index contributed by atoms with van der Waals surface area (Å²) in [6, 6.07) is 15.8. The highest BCUT2D eigenvalue weighted by molar-refractivity contribution is 5.98. The lowest BCUT2D eigenvalue weighted by atomic mass is 9.96. The normalized spacial score (nSPS) is 16.0. The van der Waals surface area contributed by atoms with E-state index < -0.39 is 0 Å². The summed E-state index contributed by atoms with van der Waals surface area (Å²) < 4.78 is 0. The Morgan fingerprint density at radius 1 is 1.08 bits per heavy atom. The molecule has 126 valence electrons. The molecule has 1 amide bonds. The van der Waals surface area contributed by atoms with Gasteiger partial charge in [0.25, 0.3) is 0 Å². The molecular formula is C22H22N2O. The number of nitrogens with zero attached hydrogens (tertiary/aromatic N) is 1. The van der Waals surface area contributed by atoms with Crippen LogP contribution in [0.2, 0.25) is 0 Å². The van der Waals surface area contributed by atoms with Crippen molar-refractivity contribution < 1.29 is 4.79 Å². The summed E-state index contributed by atoms with van der Waals surface area (Å²) in [4.78, 5) is 14.2. The van der Waals surface area contributed by atoms with E-state index in [0.717, 1.165) is 22.4 Å². The maximum absolute atomic E-state index is 12.6. The van der Waals surface area contributed by atoms with E-state index >= 15 is 0 Å². The third-order valence-electron chi connectivity index (χ3n) is 4.16. The fraction of sp³-hybridized carbons (Fsp3) is 0.227. The second kappa shape index (κ2) is 6.49. The zero-order chi connectivity index (χ0) is 18.0. The minimum atomic E-state index is -0.264. The van der Waals surface area contributed by atoms with Gasteiger partial charge in [0.1, 0.15) is 5.82 Å². The number of hydrogen-bond donors (Lipinski definition) is 1. The number of rotatable bonds is 1. The number of aryl methyl sites for hydroxylation is 1. The molecule has 1 saturated heterocycles. The van der Waals surface area contributed by atoms with Crippen LogP contribution in [0.3, 0.4) is 0 Å². The Hall–Kier alpha value is -2.99. The summed E-state index contributed by atoms with van der Waals surface area (Å²) in [5.41, 5.74) is 3.49. The van der Waals surface area contributed by atoms with Gasteiger partial charge in [-0.2, -0.15) is 0 Å². The van der Waals surface area contributed by atoms with Crippen molar-refractivity contribution >= 4 is 11.6 Å². The third-order valence-corrected chi connectivity index (χ3v) is 4.16. The average molecular weight is 330 g/mol. The number of anilines is 1. The first kappa shape index (κ1) is 16.9. The van der Waals surface area contributed by atoms with E-state index in [9.17, 15) is 4.79 Å². The molecule has 2 aromatic carbocycles. The van der Waals surface area contributed by atoms with Crippen LogP contribution in [0.4, 0.5) is 5.69 Å². The van der Waals surface area contributed by atoms with Crippen LogP contribution in [0.5, 0.6) is 0 Å². The van der Waals surface area contributed by atoms with Gasteiger partial charge in [-0.3, -0.25) is 9.69 Å². The predicted molar refractivity (Wildman–Crippen MR) is 102 cm³/mol. The molecule has 2 aromatic rings. The molecular weight excluding hydrogens is 308 g/mol. The topological polar surface area (TPSA) is 32.3 Å². The minimum absolute atomic E-state index is 0.0555. The molecule has 3 rings (SSSR count). The van der Waals surface area contributed by atoms with E-state index in [-0.39, 0.29) is 11.4 Å². The number of nitrogens with one attached hydrogen (secondary N) is 1. The van der Waals surface area contributed by atoms with Crippen molar-refractivity contribution in [1.29, 1.82) is 0 Å². The summed E-state index contributed by atoms with van der Waals surface area (Å²) in [6.45, 7) is 10.0. The quantitative estimate of drug-likeness (QED) is 0.803. The molecule has 0 radical (unpaired) electrons. The van der Waals surface area contributed by atoms with Gasteiger partial charge in [-0.15, -0.1) is 0 Å². The van der Waals surface area contributed by atoms with Gasteiger partial charge >= 0.3 is 0 Å². The Bertz CT molecular complexity index is 865. The summed E-state index contributed by atoms with van der Waals surface area (Å²) in [7, 11) is 0. The molecule has 0 spiro atoms. The van der Waals surface area contributed by atoms with Crippen LogP contribution in [-0.4, -0.2) is 11.4 Å². The maximum atomic E-state index is 12.6. The first-order valence-corrected chi connectivity index (χ1v) is 8.33. The third kappa shape index (κ3) is 3.75. The van der Waals surface area contributed by atoms with Crippen molar-refractivity contribution in [2.45, 2.75) is 32.7 Å². The Morgan fingerprint density at radius 3 is 2.40 bits per heavy atom.